The number of aliphatic hydroxyl groups excluding tert-OH is 1. The SMILES string of the molecule is CCCCN(CCC)CC(O)c1cccc2cc3cc(Cl)c(Cl)cc3cc12. The largest absolute Gasteiger partial charge is 0.387 e. The Bertz CT molecular complexity index is 925. The number of rotatable bonds is 8. The maximum absolute atomic E-state index is 11.0. The molecule has 0 aliphatic rings. The van der Waals surface area contributed by atoms with E-state index in [9.17, 15) is 5.11 Å². The van der Waals surface area contributed by atoms with Crippen molar-refractivity contribution in [1.82, 2.24) is 4.90 Å². The molecule has 27 heavy (non-hydrogen) atoms. The van der Waals surface area contributed by atoms with Crippen LogP contribution in [0.15, 0.2) is 42.5 Å². The minimum Gasteiger partial charge on any atom is -0.387 e. The van der Waals surface area contributed by atoms with Gasteiger partial charge < -0.3 is 10.0 Å². The quantitative estimate of drug-likeness (QED) is 0.415. The Morgan fingerprint density at radius 2 is 1.59 bits per heavy atom. The molecule has 0 aliphatic carbocycles. The van der Waals surface area contributed by atoms with Gasteiger partial charge in [-0.2, -0.15) is 0 Å². The van der Waals surface area contributed by atoms with Gasteiger partial charge in [0.15, 0.2) is 0 Å². The van der Waals surface area contributed by atoms with Crippen LogP contribution in [0.25, 0.3) is 21.5 Å². The summed E-state index contributed by atoms with van der Waals surface area (Å²) >= 11 is 12.4. The molecule has 0 heterocycles. The van der Waals surface area contributed by atoms with E-state index < -0.39 is 6.10 Å². The number of benzene rings is 3. The highest BCUT2D eigenvalue weighted by atomic mass is 35.5. The molecule has 0 fully saturated rings. The molecule has 0 aliphatic heterocycles. The maximum Gasteiger partial charge on any atom is 0.0922 e. The summed E-state index contributed by atoms with van der Waals surface area (Å²) in [7, 11) is 0. The molecule has 0 aromatic heterocycles. The normalized spacial score (nSPS) is 13.0. The first-order valence-electron chi connectivity index (χ1n) is 9.75. The van der Waals surface area contributed by atoms with Gasteiger partial charge in [0.1, 0.15) is 0 Å². The highest BCUT2D eigenvalue weighted by Gasteiger charge is 2.16. The lowest BCUT2D eigenvalue weighted by molar-refractivity contribution is 0.113. The Hall–Kier alpha value is -1.32. The van der Waals surface area contributed by atoms with Crippen molar-refractivity contribution in [3.8, 4) is 0 Å². The van der Waals surface area contributed by atoms with Gasteiger partial charge in [-0.25, -0.2) is 0 Å². The summed E-state index contributed by atoms with van der Waals surface area (Å²) in [5, 5.41) is 16.4. The van der Waals surface area contributed by atoms with Crippen LogP contribution >= 0.6 is 23.2 Å². The van der Waals surface area contributed by atoms with Crippen LogP contribution in [-0.2, 0) is 0 Å². The predicted octanol–water partition coefficient (Wildman–Crippen LogP) is 6.85. The molecule has 4 heteroatoms. The molecule has 1 atom stereocenters. The second-order valence-corrected chi connectivity index (χ2v) is 8.02. The third-order valence-electron chi connectivity index (χ3n) is 5.07. The number of hydrogen-bond donors (Lipinski definition) is 1. The Balaban J connectivity index is 1.97. The molecule has 0 spiro atoms. The van der Waals surface area contributed by atoms with Crippen LogP contribution in [0, 0.1) is 0 Å². The van der Waals surface area contributed by atoms with Crippen LogP contribution in [0.3, 0.4) is 0 Å². The van der Waals surface area contributed by atoms with Crippen molar-refractivity contribution >= 4 is 44.7 Å². The average Bonchev–Trinajstić information content (AvgIpc) is 2.65. The van der Waals surface area contributed by atoms with E-state index in [1.807, 2.05) is 24.3 Å². The third kappa shape index (κ3) is 4.75. The van der Waals surface area contributed by atoms with E-state index >= 15 is 0 Å². The first-order chi connectivity index (χ1) is 13.0. The molecule has 2 nitrogen and oxygen atoms in total. The second-order valence-electron chi connectivity index (χ2n) is 7.20. The van der Waals surface area contributed by atoms with E-state index in [0.717, 1.165) is 53.0 Å². The zero-order valence-corrected chi connectivity index (χ0v) is 17.5. The molecule has 0 bridgehead atoms. The molecule has 0 saturated carbocycles. The van der Waals surface area contributed by atoms with E-state index in [-0.39, 0.29) is 0 Å². The summed E-state index contributed by atoms with van der Waals surface area (Å²) in [5.41, 5.74) is 0.970. The molecular formula is C23H27Cl2NO. The number of fused-ring (bicyclic) bond motifs is 2. The van der Waals surface area contributed by atoms with Gasteiger partial charge in [0.2, 0.25) is 0 Å². The first-order valence-corrected chi connectivity index (χ1v) is 10.5. The summed E-state index contributed by atoms with van der Waals surface area (Å²) in [6.07, 6.45) is 2.90. The Kier molecular flexibility index (Phi) is 6.99. The van der Waals surface area contributed by atoms with E-state index in [0.29, 0.717) is 16.6 Å². The highest BCUT2D eigenvalue weighted by molar-refractivity contribution is 6.42. The van der Waals surface area contributed by atoms with Gasteiger partial charge in [-0.1, -0.05) is 61.7 Å². The van der Waals surface area contributed by atoms with Gasteiger partial charge in [-0.3, -0.25) is 0 Å². The van der Waals surface area contributed by atoms with Gasteiger partial charge in [-0.15, -0.1) is 0 Å². The van der Waals surface area contributed by atoms with Crippen LogP contribution in [0.1, 0.15) is 44.8 Å². The predicted molar refractivity (Wildman–Crippen MR) is 118 cm³/mol. The van der Waals surface area contributed by atoms with Crippen molar-refractivity contribution in [3.63, 3.8) is 0 Å². The van der Waals surface area contributed by atoms with Gasteiger partial charge in [0, 0.05) is 6.54 Å². The Morgan fingerprint density at radius 1 is 0.889 bits per heavy atom. The molecule has 0 saturated heterocycles. The summed E-state index contributed by atoms with van der Waals surface area (Å²) in [4.78, 5) is 2.37. The Labute approximate surface area is 171 Å². The van der Waals surface area contributed by atoms with Crippen molar-refractivity contribution in [2.45, 2.75) is 39.2 Å². The van der Waals surface area contributed by atoms with E-state index in [1.165, 1.54) is 6.42 Å². The lowest BCUT2D eigenvalue weighted by Crippen LogP contribution is -2.30. The molecule has 144 valence electrons. The lowest BCUT2D eigenvalue weighted by Gasteiger charge is -2.25. The third-order valence-corrected chi connectivity index (χ3v) is 5.79. The molecule has 1 unspecified atom stereocenters. The van der Waals surface area contributed by atoms with Crippen molar-refractivity contribution < 1.29 is 5.11 Å². The molecule has 3 aromatic carbocycles. The lowest BCUT2D eigenvalue weighted by atomic mass is 9.96. The molecule has 1 N–H and O–H groups in total. The smallest absolute Gasteiger partial charge is 0.0922 e. The average molecular weight is 404 g/mol. The number of unbranched alkanes of at least 4 members (excludes halogenated alkanes) is 1. The maximum atomic E-state index is 11.0. The molecule has 3 aromatic rings. The van der Waals surface area contributed by atoms with Crippen molar-refractivity contribution in [1.29, 1.82) is 0 Å². The van der Waals surface area contributed by atoms with Crippen LogP contribution in [-0.4, -0.2) is 29.6 Å². The summed E-state index contributed by atoms with van der Waals surface area (Å²) in [6.45, 7) is 7.09. The fourth-order valence-corrected chi connectivity index (χ4v) is 4.01. The second kappa shape index (κ2) is 9.25. The van der Waals surface area contributed by atoms with E-state index in [1.54, 1.807) is 0 Å². The molecule has 0 radical (unpaired) electrons. The van der Waals surface area contributed by atoms with Gasteiger partial charge in [0.25, 0.3) is 0 Å². The van der Waals surface area contributed by atoms with Crippen molar-refractivity contribution in [2.75, 3.05) is 19.6 Å². The number of halogens is 2. The molecular weight excluding hydrogens is 377 g/mol. The number of aliphatic hydroxyl groups is 1. The van der Waals surface area contributed by atoms with Gasteiger partial charge in [-0.05, 0) is 77.3 Å². The van der Waals surface area contributed by atoms with Gasteiger partial charge >= 0.3 is 0 Å². The highest BCUT2D eigenvalue weighted by Crippen LogP contribution is 2.33. The fraction of sp³-hybridized carbons (Fsp3) is 0.391. The van der Waals surface area contributed by atoms with Crippen LogP contribution in [0.5, 0.6) is 0 Å². The minimum absolute atomic E-state index is 0.516. The molecule has 3 rings (SSSR count). The minimum atomic E-state index is -0.516. The standard InChI is InChI=1S/C23H27Cl2NO/c1-3-5-10-26(9-4-2)15-23(27)19-8-6-7-16-11-17-13-21(24)22(25)14-18(17)12-20(16)19/h6-8,11-14,23,27H,3-5,9-10,15H2,1-2H3. The van der Waals surface area contributed by atoms with E-state index in [2.05, 4.69) is 36.9 Å². The van der Waals surface area contributed by atoms with Crippen LogP contribution < -0.4 is 0 Å². The van der Waals surface area contributed by atoms with E-state index in [4.69, 9.17) is 23.2 Å². The monoisotopic (exact) mass is 403 g/mol. The number of nitrogens with zero attached hydrogens (tertiary/aromatic N) is 1. The molecule has 0 amide bonds. The van der Waals surface area contributed by atoms with Gasteiger partial charge in [0.05, 0.1) is 16.1 Å². The van der Waals surface area contributed by atoms with Crippen molar-refractivity contribution in [2.24, 2.45) is 0 Å². The zero-order valence-electron chi connectivity index (χ0n) is 16.0. The Morgan fingerprint density at radius 3 is 2.26 bits per heavy atom. The van der Waals surface area contributed by atoms with Crippen LogP contribution in [0.2, 0.25) is 10.0 Å². The van der Waals surface area contributed by atoms with Crippen molar-refractivity contribution in [3.05, 3.63) is 58.1 Å². The van der Waals surface area contributed by atoms with Crippen LogP contribution in [0.4, 0.5) is 0 Å². The zero-order chi connectivity index (χ0) is 19.4. The number of hydrogen-bond acceptors (Lipinski definition) is 2. The summed E-state index contributed by atoms with van der Waals surface area (Å²) < 4.78 is 0. The topological polar surface area (TPSA) is 23.5 Å². The fourth-order valence-electron chi connectivity index (χ4n) is 3.67. The summed E-state index contributed by atoms with van der Waals surface area (Å²) in [6, 6.07) is 14.1. The first kappa shape index (κ1) is 20.4. The summed E-state index contributed by atoms with van der Waals surface area (Å²) in [5.74, 6) is 0.